The van der Waals surface area contributed by atoms with E-state index in [4.69, 9.17) is 8.94 Å². The number of rotatable bonds is 5. The average molecular weight is 418 g/mol. The molecule has 0 spiro atoms. The number of aromatic nitrogens is 3. The maximum absolute atomic E-state index is 13.0. The molecule has 1 aliphatic carbocycles. The molecule has 0 unspecified atom stereocenters. The first-order valence-corrected chi connectivity index (χ1v) is 11.3. The summed E-state index contributed by atoms with van der Waals surface area (Å²) in [4.78, 5) is 16.8. The fraction of sp³-hybridized carbons (Fsp3) is 0.526. The van der Waals surface area contributed by atoms with Crippen molar-refractivity contribution in [3.8, 4) is 0 Å². The Morgan fingerprint density at radius 2 is 1.93 bits per heavy atom. The van der Waals surface area contributed by atoms with Gasteiger partial charge in [0.25, 0.3) is 0 Å². The summed E-state index contributed by atoms with van der Waals surface area (Å²) in [5.74, 6) is 1.28. The molecule has 2 fully saturated rings. The smallest absolute Gasteiger partial charge is 0.408 e. The minimum absolute atomic E-state index is 0.109. The van der Waals surface area contributed by atoms with E-state index < -0.39 is 15.8 Å². The highest BCUT2D eigenvalue weighted by Crippen LogP contribution is 2.38. The summed E-state index contributed by atoms with van der Waals surface area (Å²) in [6.45, 7) is 3.25. The van der Waals surface area contributed by atoms with Gasteiger partial charge in [-0.3, -0.25) is 4.57 Å². The van der Waals surface area contributed by atoms with Crippen molar-refractivity contribution in [2.75, 3.05) is 13.1 Å². The van der Waals surface area contributed by atoms with E-state index in [2.05, 4.69) is 17.1 Å². The Labute approximate surface area is 167 Å². The van der Waals surface area contributed by atoms with Crippen LogP contribution in [0.15, 0.2) is 36.8 Å². The third-order valence-electron chi connectivity index (χ3n) is 5.73. The zero-order valence-corrected chi connectivity index (χ0v) is 16.9. The van der Waals surface area contributed by atoms with Crippen LogP contribution in [-0.2, 0) is 16.6 Å². The number of oxazole rings is 1. The Morgan fingerprint density at radius 3 is 2.66 bits per heavy atom. The van der Waals surface area contributed by atoms with Crippen LogP contribution in [-0.4, -0.2) is 40.5 Å². The van der Waals surface area contributed by atoms with E-state index in [0.717, 1.165) is 25.7 Å². The monoisotopic (exact) mass is 418 g/mol. The van der Waals surface area contributed by atoms with Gasteiger partial charge in [-0.25, -0.2) is 13.2 Å². The van der Waals surface area contributed by atoms with Crippen molar-refractivity contribution in [2.45, 2.75) is 50.0 Å². The maximum atomic E-state index is 13.0. The lowest BCUT2D eigenvalue weighted by molar-refractivity contribution is 0.288. The lowest BCUT2D eigenvalue weighted by atomic mass is 10.0. The summed E-state index contributed by atoms with van der Waals surface area (Å²) in [6, 6.07) is 4.54. The fourth-order valence-corrected chi connectivity index (χ4v) is 5.19. The van der Waals surface area contributed by atoms with Crippen LogP contribution in [0.3, 0.4) is 0 Å². The number of nitrogens with zero attached hydrogens (tertiary/aromatic N) is 4. The van der Waals surface area contributed by atoms with E-state index in [0.29, 0.717) is 42.2 Å². The van der Waals surface area contributed by atoms with E-state index in [1.807, 2.05) is 0 Å². The Morgan fingerprint density at radius 1 is 1.17 bits per heavy atom. The molecule has 10 heteroatoms. The topological polar surface area (TPSA) is 111 Å². The van der Waals surface area contributed by atoms with E-state index in [1.54, 1.807) is 6.07 Å². The van der Waals surface area contributed by atoms with Gasteiger partial charge in [0.15, 0.2) is 11.4 Å². The van der Waals surface area contributed by atoms with Gasteiger partial charge in [-0.1, -0.05) is 12.1 Å². The van der Waals surface area contributed by atoms with Gasteiger partial charge in [-0.15, -0.1) is 0 Å². The molecule has 0 amide bonds. The highest BCUT2D eigenvalue weighted by molar-refractivity contribution is 7.89. The van der Waals surface area contributed by atoms with Crippen molar-refractivity contribution in [2.24, 2.45) is 5.92 Å². The fourth-order valence-electron chi connectivity index (χ4n) is 3.70. The Hall–Kier alpha value is -2.46. The Bertz CT molecular complexity index is 1210. The number of sulfonamides is 1. The molecule has 0 radical (unpaired) electrons. The molecule has 0 atom stereocenters. The van der Waals surface area contributed by atoms with Crippen LogP contribution in [0, 0.1) is 5.92 Å². The zero-order valence-electron chi connectivity index (χ0n) is 16.1. The second kappa shape index (κ2) is 6.81. The van der Waals surface area contributed by atoms with Gasteiger partial charge in [0.1, 0.15) is 0 Å². The molecule has 3 heterocycles. The number of benzene rings is 1. The number of hydrogen-bond acceptors (Lipinski definition) is 7. The molecular formula is C19H22N4O5S. The van der Waals surface area contributed by atoms with E-state index in [-0.39, 0.29) is 17.0 Å². The summed E-state index contributed by atoms with van der Waals surface area (Å²) in [6.07, 6.45) is 3.79. The first-order chi connectivity index (χ1) is 13.9. The van der Waals surface area contributed by atoms with Crippen molar-refractivity contribution in [3.05, 3.63) is 40.5 Å². The standard InChI is InChI=1S/C19H22N4O5S/c1-12-6-8-22(9-7-12)29(25,26)14-4-5-15-16(10-14)27-19(24)23(15)11-17-20-18(28-21-17)13-2-3-13/h4-5,10,12-13H,2-3,6-9,11H2,1H3. The molecule has 29 heavy (non-hydrogen) atoms. The number of piperidine rings is 1. The van der Waals surface area contributed by atoms with Crippen molar-refractivity contribution in [1.82, 2.24) is 19.0 Å². The van der Waals surface area contributed by atoms with Crippen LogP contribution >= 0.6 is 0 Å². The predicted octanol–water partition coefficient (Wildman–Crippen LogP) is 2.32. The van der Waals surface area contributed by atoms with Crippen molar-refractivity contribution in [1.29, 1.82) is 0 Å². The second-order valence-electron chi connectivity index (χ2n) is 7.99. The summed E-state index contributed by atoms with van der Waals surface area (Å²) >= 11 is 0. The first kappa shape index (κ1) is 18.6. The summed E-state index contributed by atoms with van der Waals surface area (Å²) in [5, 5.41) is 3.93. The lowest BCUT2D eigenvalue weighted by Gasteiger charge is -2.29. The van der Waals surface area contributed by atoms with Crippen LogP contribution in [0.25, 0.3) is 11.1 Å². The Balaban J connectivity index is 1.44. The maximum Gasteiger partial charge on any atom is 0.420 e. The molecule has 1 saturated carbocycles. The van der Waals surface area contributed by atoms with Gasteiger partial charge in [-0.05, 0) is 43.7 Å². The van der Waals surface area contributed by atoms with Gasteiger partial charge in [0.05, 0.1) is 17.0 Å². The predicted molar refractivity (Wildman–Crippen MR) is 103 cm³/mol. The van der Waals surface area contributed by atoms with Crippen LogP contribution in [0.5, 0.6) is 0 Å². The van der Waals surface area contributed by atoms with E-state index >= 15 is 0 Å². The quantitative estimate of drug-likeness (QED) is 0.625. The molecule has 0 N–H and O–H groups in total. The summed E-state index contributed by atoms with van der Waals surface area (Å²) in [7, 11) is -3.62. The van der Waals surface area contributed by atoms with Gasteiger partial charge >= 0.3 is 5.76 Å². The summed E-state index contributed by atoms with van der Waals surface area (Å²) in [5.41, 5.74) is 0.728. The average Bonchev–Trinajstić information content (AvgIpc) is 3.37. The minimum atomic E-state index is -3.62. The van der Waals surface area contributed by atoms with Crippen molar-refractivity contribution < 1.29 is 17.4 Å². The number of fused-ring (bicyclic) bond motifs is 1. The van der Waals surface area contributed by atoms with Crippen molar-refractivity contribution in [3.63, 3.8) is 0 Å². The van der Waals surface area contributed by atoms with Crippen LogP contribution in [0.4, 0.5) is 0 Å². The largest absolute Gasteiger partial charge is 0.420 e. The number of hydrogen-bond donors (Lipinski definition) is 0. The third kappa shape index (κ3) is 3.40. The lowest BCUT2D eigenvalue weighted by Crippen LogP contribution is -2.37. The molecular weight excluding hydrogens is 396 g/mol. The SMILES string of the molecule is CC1CCN(S(=O)(=O)c2ccc3c(c2)oc(=O)n3Cc2noc(C3CC3)n2)CC1. The molecule has 1 aliphatic heterocycles. The third-order valence-corrected chi connectivity index (χ3v) is 7.62. The van der Waals surface area contributed by atoms with Gasteiger partial charge < -0.3 is 8.94 Å². The summed E-state index contributed by atoms with van der Waals surface area (Å²) < 4.78 is 39.4. The molecule has 5 rings (SSSR count). The van der Waals surface area contributed by atoms with Crippen LogP contribution < -0.4 is 5.76 Å². The van der Waals surface area contributed by atoms with Gasteiger partial charge in [0, 0.05) is 25.1 Å². The highest BCUT2D eigenvalue weighted by atomic mass is 32.2. The normalized spacial score (nSPS) is 19.2. The molecule has 9 nitrogen and oxygen atoms in total. The molecule has 1 aromatic carbocycles. The van der Waals surface area contributed by atoms with Crippen molar-refractivity contribution >= 4 is 21.1 Å². The molecule has 2 aromatic heterocycles. The van der Waals surface area contributed by atoms with E-state index in [9.17, 15) is 13.2 Å². The molecule has 2 aliphatic rings. The van der Waals surface area contributed by atoms with Gasteiger partial charge in [0.2, 0.25) is 15.9 Å². The molecule has 0 bridgehead atoms. The molecule has 1 saturated heterocycles. The highest BCUT2D eigenvalue weighted by Gasteiger charge is 2.30. The minimum Gasteiger partial charge on any atom is -0.408 e. The second-order valence-corrected chi connectivity index (χ2v) is 9.93. The Kier molecular flexibility index (Phi) is 4.36. The van der Waals surface area contributed by atoms with Crippen LogP contribution in [0.2, 0.25) is 0 Å². The van der Waals surface area contributed by atoms with E-state index in [1.165, 1.54) is 21.0 Å². The zero-order chi connectivity index (χ0) is 20.2. The molecule has 154 valence electrons. The van der Waals surface area contributed by atoms with Gasteiger partial charge in [-0.2, -0.15) is 9.29 Å². The molecule has 3 aromatic rings. The first-order valence-electron chi connectivity index (χ1n) is 9.88. The van der Waals surface area contributed by atoms with Crippen LogP contribution in [0.1, 0.15) is 50.2 Å².